The number of guanidine groups is 1. The van der Waals surface area contributed by atoms with Gasteiger partial charge in [0.15, 0.2) is 5.96 Å². The first kappa shape index (κ1) is 22.3. The van der Waals surface area contributed by atoms with Crippen LogP contribution in [0.15, 0.2) is 64.9 Å². The van der Waals surface area contributed by atoms with Crippen LogP contribution in [0.4, 0.5) is 0 Å². The summed E-state index contributed by atoms with van der Waals surface area (Å²) in [6.07, 6.45) is 11.4. The molecule has 1 atom stereocenters. The topological polar surface area (TPSA) is 83.5 Å². The van der Waals surface area contributed by atoms with Crippen LogP contribution < -0.4 is 10.6 Å². The van der Waals surface area contributed by atoms with E-state index in [1.807, 2.05) is 35.2 Å². The van der Waals surface area contributed by atoms with Gasteiger partial charge in [-0.3, -0.25) is 14.5 Å². The lowest BCUT2D eigenvalue weighted by Crippen LogP contribution is -2.42. The van der Waals surface area contributed by atoms with Gasteiger partial charge in [0, 0.05) is 38.7 Å². The molecular weight excluding hydrogens is 493 g/mol. The van der Waals surface area contributed by atoms with E-state index in [4.69, 9.17) is 4.42 Å². The zero-order valence-electron chi connectivity index (χ0n) is 17.1. The molecule has 3 aromatic heterocycles. The number of likely N-dealkylation sites (tertiary alicyclic amines) is 1. The van der Waals surface area contributed by atoms with Gasteiger partial charge >= 0.3 is 0 Å². The van der Waals surface area contributed by atoms with Crippen LogP contribution in [0.3, 0.4) is 0 Å². The van der Waals surface area contributed by atoms with Crippen molar-refractivity contribution in [2.45, 2.75) is 25.4 Å². The average Bonchev–Trinajstić information content (AvgIpc) is 3.54. The summed E-state index contributed by atoms with van der Waals surface area (Å²) in [5, 5.41) is 6.84. The monoisotopic (exact) mass is 521 g/mol. The molecule has 0 amide bonds. The fourth-order valence-corrected chi connectivity index (χ4v) is 3.65. The van der Waals surface area contributed by atoms with Crippen LogP contribution >= 0.6 is 24.0 Å². The predicted octanol–water partition coefficient (Wildman–Crippen LogP) is 2.98. The maximum atomic E-state index is 5.70. The first-order valence-corrected chi connectivity index (χ1v) is 9.99. The van der Waals surface area contributed by atoms with Crippen molar-refractivity contribution in [2.24, 2.45) is 4.99 Å². The van der Waals surface area contributed by atoms with Gasteiger partial charge in [0.05, 0.1) is 12.3 Å². The van der Waals surface area contributed by atoms with E-state index in [1.165, 1.54) is 12.8 Å². The number of aliphatic imine (C=N–C) groups is 1. The summed E-state index contributed by atoms with van der Waals surface area (Å²) in [7, 11) is 1.79. The Labute approximate surface area is 193 Å². The molecule has 4 rings (SSSR count). The van der Waals surface area contributed by atoms with Gasteiger partial charge in [0.2, 0.25) is 0 Å². The first-order valence-electron chi connectivity index (χ1n) is 9.99. The second-order valence-electron chi connectivity index (χ2n) is 7.07. The smallest absolute Gasteiger partial charge is 0.191 e. The maximum Gasteiger partial charge on any atom is 0.191 e. The number of hydrogen-bond acceptors (Lipinski definition) is 5. The van der Waals surface area contributed by atoms with Crippen molar-refractivity contribution in [2.75, 3.05) is 26.7 Å². The minimum Gasteiger partial charge on any atom is -0.468 e. The number of imidazole rings is 1. The third-order valence-electron chi connectivity index (χ3n) is 5.18. The summed E-state index contributed by atoms with van der Waals surface area (Å²) >= 11 is 0. The fourth-order valence-electron chi connectivity index (χ4n) is 3.65. The molecule has 0 aliphatic carbocycles. The van der Waals surface area contributed by atoms with E-state index >= 15 is 0 Å². The Bertz CT molecular complexity index is 905. The number of pyridine rings is 1. The van der Waals surface area contributed by atoms with Crippen LogP contribution in [0.25, 0.3) is 5.82 Å². The van der Waals surface area contributed by atoms with Crippen molar-refractivity contribution in [1.29, 1.82) is 0 Å². The summed E-state index contributed by atoms with van der Waals surface area (Å²) in [5.74, 6) is 2.60. The second-order valence-corrected chi connectivity index (χ2v) is 7.07. The van der Waals surface area contributed by atoms with Gasteiger partial charge in [-0.25, -0.2) is 9.97 Å². The van der Waals surface area contributed by atoms with Crippen LogP contribution in [0.1, 0.15) is 30.2 Å². The second kappa shape index (κ2) is 11.1. The predicted molar refractivity (Wildman–Crippen MR) is 127 cm³/mol. The van der Waals surface area contributed by atoms with Crippen LogP contribution in [-0.4, -0.2) is 52.1 Å². The Balaban J connectivity index is 0.00000256. The average molecular weight is 521 g/mol. The van der Waals surface area contributed by atoms with E-state index in [2.05, 4.69) is 36.6 Å². The van der Waals surface area contributed by atoms with Gasteiger partial charge in [-0.2, -0.15) is 0 Å². The molecule has 0 bridgehead atoms. The molecule has 1 unspecified atom stereocenters. The highest BCUT2D eigenvalue weighted by molar-refractivity contribution is 14.0. The lowest BCUT2D eigenvalue weighted by Gasteiger charge is -2.26. The summed E-state index contributed by atoms with van der Waals surface area (Å²) < 4.78 is 7.58. The SMILES string of the molecule is CN=C(NCc1ccnc(-n2ccnc2)c1)NCC(c1ccco1)N1CCCC1.I. The summed E-state index contributed by atoms with van der Waals surface area (Å²) in [4.78, 5) is 15.3. The highest BCUT2D eigenvalue weighted by Gasteiger charge is 2.25. The highest BCUT2D eigenvalue weighted by atomic mass is 127. The van der Waals surface area contributed by atoms with Gasteiger partial charge < -0.3 is 15.1 Å². The van der Waals surface area contributed by atoms with Crippen LogP contribution in [0.2, 0.25) is 0 Å². The van der Waals surface area contributed by atoms with Crippen molar-refractivity contribution in [3.63, 3.8) is 0 Å². The molecule has 1 aliphatic rings. The Morgan fingerprint density at radius 1 is 1.23 bits per heavy atom. The molecule has 1 saturated heterocycles. The van der Waals surface area contributed by atoms with E-state index in [-0.39, 0.29) is 30.0 Å². The van der Waals surface area contributed by atoms with E-state index in [0.717, 1.165) is 42.7 Å². The zero-order chi connectivity index (χ0) is 19.9. The number of rotatable bonds is 7. The van der Waals surface area contributed by atoms with Crippen molar-refractivity contribution in [3.05, 3.63) is 66.8 Å². The third kappa shape index (κ3) is 5.60. The van der Waals surface area contributed by atoms with Crippen LogP contribution in [0, 0.1) is 0 Å². The molecule has 8 nitrogen and oxygen atoms in total. The molecule has 3 aromatic rings. The van der Waals surface area contributed by atoms with Gasteiger partial charge in [0.1, 0.15) is 17.9 Å². The van der Waals surface area contributed by atoms with Crippen LogP contribution in [0.5, 0.6) is 0 Å². The van der Waals surface area contributed by atoms with E-state index in [1.54, 1.807) is 25.8 Å². The standard InChI is InChI=1S/C21H27N7O.HI/c1-22-21(25-14-17-6-7-24-20(13-17)28-11-8-23-16-28)26-15-18(19-5-4-12-29-19)27-9-2-3-10-27;/h4-8,11-13,16,18H,2-3,9-10,14-15H2,1H3,(H2,22,25,26);1H. The largest absolute Gasteiger partial charge is 0.468 e. The lowest BCUT2D eigenvalue weighted by atomic mass is 10.2. The number of nitrogens with one attached hydrogen (secondary N) is 2. The lowest BCUT2D eigenvalue weighted by molar-refractivity contribution is 0.215. The molecule has 30 heavy (non-hydrogen) atoms. The molecule has 2 N–H and O–H groups in total. The number of aromatic nitrogens is 3. The molecule has 0 aromatic carbocycles. The van der Waals surface area contributed by atoms with E-state index < -0.39 is 0 Å². The number of nitrogens with zero attached hydrogens (tertiary/aromatic N) is 5. The fraction of sp³-hybridized carbons (Fsp3) is 0.381. The number of furan rings is 1. The summed E-state index contributed by atoms with van der Waals surface area (Å²) in [6.45, 7) is 3.60. The molecular formula is C21H28IN7O. The Morgan fingerprint density at radius 2 is 2.10 bits per heavy atom. The Morgan fingerprint density at radius 3 is 2.80 bits per heavy atom. The highest BCUT2D eigenvalue weighted by Crippen LogP contribution is 2.24. The van der Waals surface area contributed by atoms with Crippen molar-refractivity contribution in [1.82, 2.24) is 30.1 Å². The van der Waals surface area contributed by atoms with Crippen molar-refractivity contribution in [3.8, 4) is 5.82 Å². The van der Waals surface area contributed by atoms with Crippen molar-refractivity contribution < 1.29 is 4.42 Å². The summed E-state index contributed by atoms with van der Waals surface area (Å²) in [6, 6.07) is 8.25. The molecule has 4 heterocycles. The summed E-state index contributed by atoms with van der Waals surface area (Å²) in [5.41, 5.74) is 1.12. The van der Waals surface area contributed by atoms with Gasteiger partial charge in [-0.1, -0.05) is 0 Å². The normalized spacial score (nSPS) is 15.6. The Hall–Kier alpha value is -2.40. The molecule has 160 valence electrons. The Kier molecular flexibility index (Phi) is 8.26. The van der Waals surface area contributed by atoms with E-state index in [0.29, 0.717) is 6.54 Å². The quantitative estimate of drug-likeness (QED) is 0.283. The maximum absolute atomic E-state index is 5.70. The van der Waals surface area contributed by atoms with Gasteiger partial charge in [-0.15, -0.1) is 24.0 Å². The molecule has 0 radical (unpaired) electrons. The van der Waals surface area contributed by atoms with Crippen LogP contribution in [-0.2, 0) is 6.54 Å². The number of halogens is 1. The molecule has 1 aliphatic heterocycles. The van der Waals surface area contributed by atoms with Gasteiger partial charge in [-0.05, 0) is 55.8 Å². The minimum atomic E-state index is 0. The first-order chi connectivity index (χ1) is 14.3. The third-order valence-corrected chi connectivity index (χ3v) is 5.18. The number of hydrogen-bond donors (Lipinski definition) is 2. The molecule has 1 fully saturated rings. The minimum absolute atomic E-state index is 0. The van der Waals surface area contributed by atoms with E-state index in [9.17, 15) is 0 Å². The van der Waals surface area contributed by atoms with Crippen molar-refractivity contribution >= 4 is 29.9 Å². The molecule has 0 saturated carbocycles. The molecule has 9 heteroatoms. The zero-order valence-corrected chi connectivity index (χ0v) is 19.4. The molecule has 0 spiro atoms. The van der Waals surface area contributed by atoms with Gasteiger partial charge in [0.25, 0.3) is 0 Å².